The van der Waals surface area contributed by atoms with Gasteiger partial charge in [0.25, 0.3) is 0 Å². The summed E-state index contributed by atoms with van der Waals surface area (Å²) in [5.74, 6) is 0. The van der Waals surface area contributed by atoms with Gasteiger partial charge in [0.15, 0.2) is 0 Å². The topological polar surface area (TPSA) is 24.6 Å². The number of hydrogen-bond acceptors (Lipinski definition) is 3. The summed E-state index contributed by atoms with van der Waals surface area (Å²) >= 11 is 0. The van der Waals surface area contributed by atoms with Crippen molar-refractivity contribution in [3.63, 3.8) is 0 Å². The molecule has 0 N–H and O–H groups in total. The van der Waals surface area contributed by atoms with E-state index in [4.69, 9.17) is 4.42 Å². The quantitative estimate of drug-likeness (QED) is 0.164. The highest BCUT2D eigenvalue weighted by atomic mass is 16.3. The van der Waals surface area contributed by atoms with Gasteiger partial charge >= 0.3 is 6.85 Å². The lowest BCUT2D eigenvalue weighted by molar-refractivity contribution is 0.332. The van der Waals surface area contributed by atoms with Crippen LogP contribution in [0, 0.1) is 0 Å². The largest absolute Gasteiger partial charge is 0.455 e. The maximum Gasteiger partial charge on any atom is 0.333 e. The van der Waals surface area contributed by atoms with E-state index >= 15 is 0 Å². The van der Waals surface area contributed by atoms with Crippen LogP contribution in [0.2, 0.25) is 0 Å². The van der Waals surface area contributed by atoms with Crippen LogP contribution in [0.3, 0.4) is 0 Å². The van der Waals surface area contributed by atoms with Crippen molar-refractivity contribution in [2.75, 3.05) is 9.71 Å². The van der Waals surface area contributed by atoms with E-state index in [1.807, 2.05) is 0 Å². The molecule has 13 rings (SSSR count). The molecule has 0 spiro atoms. The lowest BCUT2D eigenvalue weighted by Crippen LogP contribution is -2.60. The Kier molecular flexibility index (Phi) is 10.5. The van der Waals surface area contributed by atoms with Crippen molar-refractivity contribution in [2.45, 2.75) is 156 Å². The van der Waals surface area contributed by atoms with Crippen LogP contribution in [0.5, 0.6) is 0 Å². The molecule has 0 bridgehead atoms. The van der Waals surface area contributed by atoms with Gasteiger partial charge in [-0.25, -0.2) is 0 Å². The molecule has 0 saturated carbocycles. The average molecular weight is 1010 g/mol. The summed E-state index contributed by atoms with van der Waals surface area (Å²) in [6, 6.07) is 56.7. The summed E-state index contributed by atoms with van der Waals surface area (Å²) < 4.78 is 10.2. The van der Waals surface area contributed by atoms with E-state index in [1.165, 1.54) is 88.4 Å². The molecule has 5 heteroatoms. The first-order chi connectivity index (χ1) is 36.2. The number of fused-ring (bicyclic) bond motifs is 14. The van der Waals surface area contributed by atoms with Crippen molar-refractivity contribution in [3.05, 3.63) is 179 Å². The van der Waals surface area contributed by atoms with Gasteiger partial charge < -0.3 is 18.7 Å². The van der Waals surface area contributed by atoms with E-state index < -0.39 is 0 Å². The highest BCUT2D eigenvalue weighted by molar-refractivity contribution is 6.94. The van der Waals surface area contributed by atoms with E-state index in [0.717, 1.165) is 57.7 Å². The maximum absolute atomic E-state index is 7.51. The Balaban J connectivity index is 1.20. The van der Waals surface area contributed by atoms with E-state index in [2.05, 4.69) is 271 Å². The number of benzene rings is 8. The first-order valence-electron chi connectivity index (χ1n) is 28.4. The van der Waals surface area contributed by atoms with Crippen LogP contribution in [0.15, 0.2) is 150 Å². The Morgan fingerprint density at radius 1 is 0.494 bits per heavy atom. The Morgan fingerprint density at radius 3 is 1.57 bits per heavy atom. The zero-order valence-corrected chi connectivity index (χ0v) is 48.6. The van der Waals surface area contributed by atoms with Crippen molar-refractivity contribution in [1.82, 2.24) is 4.57 Å². The van der Waals surface area contributed by atoms with Crippen molar-refractivity contribution in [3.8, 4) is 16.8 Å². The third kappa shape index (κ3) is 7.52. The average Bonchev–Trinajstić information content (AvgIpc) is 2.91. The number of para-hydroxylation sites is 1. The molecule has 2 aliphatic heterocycles. The number of rotatable bonds is 4. The minimum absolute atomic E-state index is 0.000800. The number of aromatic nitrogens is 1. The van der Waals surface area contributed by atoms with Gasteiger partial charge in [-0.2, -0.15) is 0 Å². The van der Waals surface area contributed by atoms with Crippen LogP contribution < -0.4 is 20.6 Å². The van der Waals surface area contributed by atoms with Crippen molar-refractivity contribution in [1.29, 1.82) is 0 Å². The maximum atomic E-state index is 7.51. The zero-order chi connectivity index (χ0) is 54.3. The van der Waals surface area contributed by atoms with E-state index in [0.29, 0.717) is 0 Å². The molecule has 388 valence electrons. The summed E-state index contributed by atoms with van der Waals surface area (Å²) in [5.41, 5.74) is 24.5. The van der Waals surface area contributed by atoms with E-state index in [9.17, 15) is 0 Å². The van der Waals surface area contributed by atoms with Crippen LogP contribution in [0.1, 0.15) is 157 Å². The van der Waals surface area contributed by atoms with Crippen molar-refractivity contribution >= 4 is 90.0 Å². The van der Waals surface area contributed by atoms with Crippen molar-refractivity contribution in [2.24, 2.45) is 0 Å². The smallest absolute Gasteiger partial charge is 0.333 e. The minimum Gasteiger partial charge on any atom is -0.455 e. The highest BCUT2D eigenvalue weighted by Crippen LogP contribution is 2.55. The van der Waals surface area contributed by atoms with Gasteiger partial charge in [0.2, 0.25) is 0 Å². The van der Waals surface area contributed by atoms with Gasteiger partial charge in [-0.05, 0) is 169 Å². The third-order valence-electron chi connectivity index (χ3n) is 18.3. The van der Waals surface area contributed by atoms with Gasteiger partial charge in [0.1, 0.15) is 11.2 Å². The SMILES string of the molecule is CC(C)(C)c1ccc(N2B3c4cc(C(C)(C)C)ccc4-n4c5cc6c(cc5c5c7c(oc8ccccc87)c(c3c54)-c3cc(N(c4ccc(C(C)(C)C)cc4)c4ccc(C(C)(C)C)cc4)ccc32)C(C)(C)CCC6(C)C)cc1. The summed E-state index contributed by atoms with van der Waals surface area (Å²) in [6.45, 7) is 37.5. The Hall–Kier alpha value is -6.98. The van der Waals surface area contributed by atoms with Gasteiger partial charge in [0, 0.05) is 66.8 Å². The number of furan rings is 1. The van der Waals surface area contributed by atoms with Crippen molar-refractivity contribution < 1.29 is 4.42 Å². The molecule has 0 amide bonds. The molecule has 0 atom stereocenters. The second-order valence-electron chi connectivity index (χ2n) is 28.6. The Morgan fingerprint density at radius 2 is 1.00 bits per heavy atom. The molecular formula is C72H76BN3O. The first kappa shape index (κ1) is 49.6. The Labute approximate surface area is 458 Å². The van der Waals surface area contributed by atoms with Crippen LogP contribution in [0.25, 0.3) is 60.6 Å². The molecule has 0 saturated heterocycles. The minimum atomic E-state index is -0.174. The van der Waals surface area contributed by atoms with Crippen LogP contribution >= 0.6 is 0 Å². The monoisotopic (exact) mass is 1010 g/mol. The number of nitrogens with zero attached hydrogens (tertiary/aromatic N) is 3. The predicted molar refractivity (Wildman–Crippen MR) is 332 cm³/mol. The molecule has 8 aromatic carbocycles. The van der Waals surface area contributed by atoms with Gasteiger partial charge in [-0.1, -0.05) is 178 Å². The number of anilines is 5. The van der Waals surface area contributed by atoms with Gasteiger partial charge in [-0.15, -0.1) is 0 Å². The highest BCUT2D eigenvalue weighted by Gasteiger charge is 2.47. The molecule has 0 fully saturated rings. The summed E-state index contributed by atoms with van der Waals surface area (Å²) in [4.78, 5) is 5.15. The lowest BCUT2D eigenvalue weighted by atomic mass is 9.43. The fourth-order valence-electron chi connectivity index (χ4n) is 13.5. The van der Waals surface area contributed by atoms with Crippen LogP contribution in [-0.2, 0) is 32.5 Å². The molecule has 2 aromatic heterocycles. The van der Waals surface area contributed by atoms with E-state index in [-0.39, 0.29) is 39.3 Å². The normalized spacial score (nSPS) is 15.8. The molecule has 4 heterocycles. The van der Waals surface area contributed by atoms with Gasteiger partial charge in [-0.3, -0.25) is 0 Å². The standard InChI is InChI=1S/C72H76BN3O/c1-67(2,3)43-21-28-47(29-22-43)74(48-30-23-44(24-31-48)68(4,5)6)50-34-36-57-52(40-50)63-64-65-61(62-51-19-17-18-20-60(51)77-66(62)63)53-41-54-55(72(15,16)38-37-71(54,13)14)42-59(53)75(65)58-35-27-46(70(10,11)12)39-56(58)73(64)76(57)49-32-25-45(26-33-49)69(7,8)9/h17-36,39-42H,37-38H2,1-16H3. The molecule has 0 radical (unpaired) electrons. The van der Waals surface area contributed by atoms with E-state index in [1.54, 1.807) is 0 Å². The molecular weight excluding hydrogens is 934 g/mol. The molecule has 10 aromatic rings. The summed E-state index contributed by atoms with van der Waals surface area (Å²) in [6.07, 6.45) is 2.30. The second-order valence-corrected chi connectivity index (χ2v) is 28.6. The molecule has 0 unspecified atom stereocenters. The summed E-state index contributed by atoms with van der Waals surface area (Å²) in [7, 11) is 0. The Bertz CT molecular complexity index is 4000. The molecule has 77 heavy (non-hydrogen) atoms. The third-order valence-corrected chi connectivity index (χ3v) is 18.3. The molecule has 3 aliphatic rings. The fourth-order valence-corrected chi connectivity index (χ4v) is 13.5. The number of hydrogen-bond donors (Lipinski definition) is 0. The van der Waals surface area contributed by atoms with Crippen LogP contribution in [0.4, 0.5) is 28.4 Å². The molecule has 4 nitrogen and oxygen atoms in total. The second kappa shape index (κ2) is 16.3. The molecule has 1 aliphatic carbocycles. The predicted octanol–water partition coefficient (Wildman–Crippen LogP) is 18.9. The lowest BCUT2D eigenvalue weighted by Gasteiger charge is -2.43. The summed E-state index contributed by atoms with van der Waals surface area (Å²) in [5, 5.41) is 4.95. The van der Waals surface area contributed by atoms with Gasteiger partial charge in [0.05, 0.1) is 11.0 Å². The van der Waals surface area contributed by atoms with Crippen LogP contribution in [-0.4, -0.2) is 11.4 Å². The first-order valence-corrected chi connectivity index (χ1v) is 28.4. The fraction of sp³-hybridized carbons (Fsp3) is 0.333. The zero-order valence-electron chi connectivity index (χ0n) is 48.6.